The summed E-state index contributed by atoms with van der Waals surface area (Å²) in [5.74, 6) is 0.656. The Labute approximate surface area is 108 Å². The van der Waals surface area contributed by atoms with Gasteiger partial charge in [-0.3, -0.25) is 0 Å². The number of nitrogens with zero attached hydrogens (tertiary/aromatic N) is 3. The van der Waals surface area contributed by atoms with Gasteiger partial charge in [0.15, 0.2) is 0 Å². The van der Waals surface area contributed by atoms with Gasteiger partial charge < -0.3 is 10.1 Å². The molecule has 0 aromatic carbocycles. The quantitative estimate of drug-likeness (QED) is 0.836. The normalized spacial score (nSPS) is 22.6. The predicted octanol–water partition coefficient (Wildman–Crippen LogP) is 1.98. The molecule has 1 heterocycles. The Bertz CT molecular complexity index is 391. The van der Waals surface area contributed by atoms with Crippen molar-refractivity contribution in [2.45, 2.75) is 58.6 Å². The van der Waals surface area contributed by atoms with Crippen molar-refractivity contribution in [3.05, 3.63) is 11.4 Å². The Morgan fingerprint density at radius 3 is 2.44 bits per heavy atom. The highest BCUT2D eigenvalue weighted by atomic mass is 16.5. The summed E-state index contributed by atoms with van der Waals surface area (Å²) in [7, 11) is 0. The monoisotopic (exact) mass is 250 g/mol. The fourth-order valence-corrected chi connectivity index (χ4v) is 2.24. The summed E-state index contributed by atoms with van der Waals surface area (Å²) < 4.78 is 5.53. The molecule has 1 aliphatic rings. The number of hydrogen-bond acceptors (Lipinski definition) is 5. The standard InChI is InChI=1S/C13H22N4O/c1-4-11-12(5-2)16-17-13(15-11)14-9-7-10(8-9)18-6-3/h9-10H,4-8H2,1-3H3,(H,14,15,17). The molecule has 0 unspecified atom stereocenters. The highest BCUT2D eigenvalue weighted by Gasteiger charge is 2.30. The Kier molecular flexibility index (Phi) is 4.47. The molecule has 5 heteroatoms. The lowest BCUT2D eigenvalue weighted by Crippen LogP contribution is -2.41. The van der Waals surface area contributed by atoms with Gasteiger partial charge in [0.1, 0.15) is 0 Å². The van der Waals surface area contributed by atoms with Crippen LogP contribution < -0.4 is 5.32 Å². The lowest BCUT2D eigenvalue weighted by Gasteiger charge is -2.35. The first-order valence-electron chi connectivity index (χ1n) is 6.87. The van der Waals surface area contributed by atoms with Gasteiger partial charge in [-0.1, -0.05) is 13.8 Å². The van der Waals surface area contributed by atoms with Crippen LogP contribution in [0.4, 0.5) is 5.95 Å². The van der Waals surface area contributed by atoms with E-state index in [1.807, 2.05) is 6.92 Å². The molecular weight excluding hydrogens is 228 g/mol. The minimum Gasteiger partial charge on any atom is -0.378 e. The molecule has 1 aromatic rings. The Morgan fingerprint density at radius 1 is 1.11 bits per heavy atom. The topological polar surface area (TPSA) is 59.9 Å². The second-order valence-corrected chi connectivity index (χ2v) is 4.63. The molecule has 1 N–H and O–H groups in total. The average Bonchev–Trinajstić information content (AvgIpc) is 2.36. The van der Waals surface area contributed by atoms with Crippen molar-refractivity contribution >= 4 is 5.95 Å². The van der Waals surface area contributed by atoms with E-state index < -0.39 is 0 Å². The van der Waals surface area contributed by atoms with Gasteiger partial charge in [0.05, 0.1) is 17.5 Å². The third-order valence-corrected chi connectivity index (χ3v) is 3.34. The number of ether oxygens (including phenoxy) is 1. The second-order valence-electron chi connectivity index (χ2n) is 4.63. The maximum absolute atomic E-state index is 5.53. The summed E-state index contributed by atoms with van der Waals surface area (Å²) in [5.41, 5.74) is 2.06. The van der Waals surface area contributed by atoms with E-state index in [-0.39, 0.29) is 0 Å². The van der Waals surface area contributed by atoms with E-state index in [2.05, 4.69) is 34.3 Å². The zero-order valence-electron chi connectivity index (χ0n) is 11.4. The highest BCUT2D eigenvalue weighted by molar-refractivity contribution is 5.28. The molecule has 0 aliphatic heterocycles. The van der Waals surface area contributed by atoms with Crippen molar-refractivity contribution in [3.63, 3.8) is 0 Å². The minimum atomic E-state index is 0.404. The van der Waals surface area contributed by atoms with Crippen molar-refractivity contribution in [1.29, 1.82) is 0 Å². The number of anilines is 1. The first-order valence-corrected chi connectivity index (χ1v) is 6.87. The van der Waals surface area contributed by atoms with Crippen LogP contribution in [0.2, 0.25) is 0 Å². The number of nitrogens with one attached hydrogen (secondary N) is 1. The van der Waals surface area contributed by atoms with Crippen LogP contribution >= 0.6 is 0 Å². The molecule has 1 fully saturated rings. The van der Waals surface area contributed by atoms with Gasteiger partial charge in [-0.2, -0.15) is 5.10 Å². The summed E-state index contributed by atoms with van der Waals surface area (Å²) in [4.78, 5) is 4.53. The third kappa shape index (κ3) is 2.96. The molecule has 18 heavy (non-hydrogen) atoms. The van der Waals surface area contributed by atoms with E-state index in [4.69, 9.17) is 4.74 Å². The van der Waals surface area contributed by atoms with Crippen molar-refractivity contribution in [1.82, 2.24) is 15.2 Å². The molecule has 1 saturated carbocycles. The zero-order valence-corrected chi connectivity index (χ0v) is 11.4. The van der Waals surface area contributed by atoms with Crippen LogP contribution in [0.1, 0.15) is 45.0 Å². The van der Waals surface area contributed by atoms with E-state index in [9.17, 15) is 0 Å². The first kappa shape index (κ1) is 13.2. The van der Waals surface area contributed by atoms with Gasteiger partial charge >= 0.3 is 0 Å². The van der Waals surface area contributed by atoms with Gasteiger partial charge in [-0.15, -0.1) is 5.10 Å². The van der Waals surface area contributed by atoms with E-state index in [1.54, 1.807) is 0 Å². The molecular formula is C13H22N4O. The maximum Gasteiger partial charge on any atom is 0.243 e. The molecule has 5 nitrogen and oxygen atoms in total. The van der Waals surface area contributed by atoms with E-state index in [0.29, 0.717) is 18.1 Å². The lowest BCUT2D eigenvalue weighted by molar-refractivity contribution is 0.00283. The Balaban J connectivity index is 1.91. The van der Waals surface area contributed by atoms with Crippen LogP contribution in [-0.2, 0) is 17.6 Å². The van der Waals surface area contributed by atoms with E-state index in [0.717, 1.165) is 43.7 Å². The molecule has 0 atom stereocenters. The summed E-state index contributed by atoms with van der Waals surface area (Å²) >= 11 is 0. The fourth-order valence-electron chi connectivity index (χ4n) is 2.24. The minimum absolute atomic E-state index is 0.404. The van der Waals surface area contributed by atoms with Gasteiger partial charge in [0.2, 0.25) is 5.95 Å². The first-order chi connectivity index (χ1) is 8.76. The molecule has 0 spiro atoms. The molecule has 1 aromatic heterocycles. The Morgan fingerprint density at radius 2 is 1.83 bits per heavy atom. The Hall–Kier alpha value is -1.23. The molecule has 0 radical (unpaired) electrons. The summed E-state index contributed by atoms with van der Waals surface area (Å²) in [6, 6.07) is 0.431. The number of aromatic nitrogens is 3. The largest absolute Gasteiger partial charge is 0.378 e. The third-order valence-electron chi connectivity index (χ3n) is 3.34. The van der Waals surface area contributed by atoms with Crippen LogP contribution in [-0.4, -0.2) is 33.9 Å². The zero-order chi connectivity index (χ0) is 13.0. The van der Waals surface area contributed by atoms with Gasteiger partial charge in [0.25, 0.3) is 0 Å². The predicted molar refractivity (Wildman–Crippen MR) is 70.6 cm³/mol. The van der Waals surface area contributed by atoms with Crippen molar-refractivity contribution in [2.24, 2.45) is 0 Å². The molecule has 100 valence electrons. The lowest BCUT2D eigenvalue weighted by atomic mass is 9.89. The highest BCUT2D eigenvalue weighted by Crippen LogP contribution is 2.25. The van der Waals surface area contributed by atoms with Gasteiger partial charge in [0, 0.05) is 12.6 Å². The fraction of sp³-hybridized carbons (Fsp3) is 0.769. The summed E-state index contributed by atoms with van der Waals surface area (Å²) in [5, 5.41) is 11.7. The number of hydrogen-bond donors (Lipinski definition) is 1. The molecule has 1 aliphatic carbocycles. The maximum atomic E-state index is 5.53. The van der Waals surface area contributed by atoms with Crippen LogP contribution in [0, 0.1) is 0 Å². The summed E-state index contributed by atoms with van der Waals surface area (Å²) in [6.45, 7) is 7.00. The van der Waals surface area contributed by atoms with Gasteiger partial charge in [-0.25, -0.2) is 4.98 Å². The van der Waals surface area contributed by atoms with E-state index in [1.165, 1.54) is 0 Å². The molecule has 0 saturated heterocycles. The van der Waals surface area contributed by atoms with Crippen LogP contribution in [0.15, 0.2) is 0 Å². The molecule has 0 bridgehead atoms. The van der Waals surface area contributed by atoms with Gasteiger partial charge in [-0.05, 0) is 32.6 Å². The van der Waals surface area contributed by atoms with E-state index >= 15 is 0 Å². The van der Waals surface area contributed by atoms with Crippen LogP contribution in [0.5, 0.6) is 0 Å². The molecule has 0 amide bonds. The van der Waals surface area contributed by atoms with Crippen LogP contribution in [0.3, 0.4) is 0 Å². The SMILES string of the molecule is CCOC1CC(Nc2nnc(CC)c(CC)n2)C1. The number of rotatable bonds is 6. The summed E-state index contributed by atoms with van der Waals surface area (Å²) in [6.07, 6.45) is 4.27. The van der Waals surface area contributed by atoms with Crippen LogP contribution in [0.25, 0.3) is 0 Å². The smallest absolute Gasteiger partial charge is 0.243 e. The number of aryl methyl sites for hydroxylation is 2. The average molecular weight is 250 g/mol. The van der Waals surface area contributed by atoms with Crippen molar-refractivity contribution < 1.29 is 4.74 Å². The second kappa shape index (κ2) is 6.09. The van der Waals surface area contributed by atoms with Crippen molar-refractivity contribution in [2.75, 3.05) is 11.9 Å². The molecule has 2 rings (SSSR count). The van der Waals surface area contributed by atoms with Crippen molar-refractivity contribution in [3.8, 4) is 0 Å².